The second-order valence-corrected chi connectivity index (χ2v) is 6.77. The van der Waals surface area contributed by atoms with Crippen LogP contribution in [0.15, 0.2) is 47.4 Å². The fraction of sp³-hybridized carbons (Fsp3) is 0.133. The van der Waals surface area contributed by atoms with Gasteiger partial charge in [-0.25, -0.2) is 17.2 Å². The molecule has 1 amide bonds. The zero-order valence-corrected chi connectivity index (χ0v) is 12.5. The summed E-state index contributed by atoms with van der Waals surface area (Å²) in [5.74, 6) is -3.41. The first-order valence-corrected chi connectivity index (χ1v) is 7.97. The predicted molar refractivity (Wildman–Crippen MR) is 78.2 cm³/mol. The van der Waals surface area contributed by atoms with E-state index in [4.69, 9.17) is 0 Å². The first kappa shape index (κ1) is 16.1. The molecule has 0 aliphatic carbocycles. The van der Waals surface area contributed by atoms with Crippen LogP contribution in [-0.4, -0.2) is 20.1 Å². The van der Waals surface area contributed by atoms with Gasteiger partial charge in [0.25, 0.3) is 0 Å². The molecule has 0 radical (unpaired) electrons. The average molecular weight is 325 g/mol. The highest BCUT2D eigenvalue weighted by molar-refractivity contribution is 7.92. The minimum Gasteiger partial charge on any atom is -0.325 e. The average Bonchev–Trinajstić information content (AvgIpc) is 2.36. The van der Waals surface area contributed by atoms with Crippen LogP contribution in [0.4, 0.5) is 14.5 Å². The van der Waals surface area contributed by atoms with Gasteiger partial charge in [-0.05, 0) is 31.2 Å². The van der Waals surface area contributed by atoms with Crippen LogP contribution in [-0.2, 0) is 14.6 Å². The highest BCUT2D eigenvalue weighted by Crippen LogP contribution is 2.15. The lowest BCUT2D eigenvalue weighted by Gasteiger charge is -2.07. The molecule has 0 aliphatic rings. The number of benzene rings is 2. The Hall–Kier alpha value is -2.28. The molecule has 0 atom stereocenters. The van der Waals surface area contributed by atoms with Crippen molar-refractivity contribution in [1.29, 1.82) is 0 Å². The number of anilines is 1. The Bertz CT molecular complexity index is 782. The van der Waals surface area contributed by atoms with Gasteiger partial charge in [0.1, 0.15) is 17.4 Å². The Labute approximate surface area is 126 Å². The summed E-state index contributed by atoms with van der Waals surface area (Å²) in [6.07, 6.45) is 0. The summed E-state index contributed by atoms with van der Waals surface area (Å²) in [7, 11) is -3.82. The smallest absolute Gasteiger partial charge is 0.239 e. The molecule has 0 aromatic heterocycles. The lowest BCUT2D eigenvalue weighted by Crippen LogP contribution is -2.23. The van der Waals surface area contributed by atoms with E-state index in [0.29, 0.717) is 6.07 Å². The van der Waals surface area contributed by atoms with E-state index in [1.54, 1.807) is 12.1 Å². The van der Waals surface area contributed by atoms with E-state index in [1.807, 2.05) is 6.92 Å². The third-order valence-corrected chi connectivity index (χ3v) is 4.48. The van der Waals surface area contributed by atoms with Gasteiger partial charge in [-0.1, -0.05) is 17.7 Å². The molecule has 0 spiro atoms. The largest absolute Gasteiger partial charge is 0.325 e. The standard InChI is InChI=1S/C15H13F2NO3S/c1-10-2-4-14(5-3-10)22(20,21)9-15(19)18-13-7-11(16)6-12(17)8-13/h2-8H,9H2,1H3,(H,18,19). The van der Waals surface area contributed by atoms with Crippen molar-refractivity contribution in [3.8, 4) is 0 Å². The summed E-state index contributed by atoms with van der Waals surface area (Å²) in [5.41, 5.74) is 0.750. The zero-order valence-electron chi connectivity index (χ0n) is 11.6. The molecule has 7 heteroatoms. The van der Waals surface area contributed by atoms with Crippen molar-refractivity contribution in [2.24, 2.45) is 0 Å². The first-order chi connectivity index (χ1) is 10.3. The second-order valence-electron chi connectivity index (χ2n) is 4.78. The van der Waals surface area contributed by atoms with Gasteiger partial charge in [0, 0.05) is 11.8 Å². The maximum atomic E-state index is 13.0. The minimum absolute atomic E-state index is 0.0127. The number of sulfone groups is 1. The van der Waals surface area contributed by atoms with E-state index in [0.717, 1.165) is 17.7 Å². The molecule has 2 aromatic rings. The molecule has 2 aromatic carbocycles. The number of rotatable bonds is 4. The van der Waals surface area contributed by atoms with Crippen LogP contribution in [0.2, 0.25) is 0 Å². The zero-order chi connectivity index (χ0) is 16.3. The third-order valence-electron chi connectivity index (χ3n) is 2.85. The van der Waals surface area contributed by atoms with Crippen molar-refractivity contribution in [1.82, 2.24) is 0 Å². The van der Waals surface area contributed by atoms with Crippen LogP contribution < -0.4 is 5.32 Å². The van der Waals surface area contributed by atoms with E-state index < -0.39 is 33.1 Å². The number of hydrogen-bond donors (Lipinski definition) is 1. The Balaban J connectivity index is 2.12. The van der Waals surface area contributed by atoms with E-state index >= 15 is 0 Å². The Morgan fingerprint density at radius 3 is 2.14 bits per heavy atom. The van der Waals surface area contributed by atoms with Gasteiger partial charge in [0.2, 0.25) is 5.91 Å². The van der Waals surface area contributed by atoms with Crippen LogP contribution in [0.3, 0.4) is 0 Å². The molecule has 4 nitrogen and oxygen atoms in total. The summed E-state index contributed by atoms with van der Waals surface area (Å²) < 4.78 is 50.2. The number of nitrogens with one attached hydrogen (secondary N) is 1. The van der Waals surface area contributed by atoms with Gasteiger partial charge in [0.05, 0.1) is 4.90 Å². The van der Waals surface area contributed by atoms with Gasteiger partial charge in [-0.2, -0.15) is 0 Å². The monoisotopic (exact) mass is 325 g/mol. The maximum absolute atomic E-state index is 13.0. The van der Waals surface area contributed by atoms with Crippen LogP contribution in [0, 0.1) is 18.6 Å². The van der Waals surface area contributed by atoms with Crippen LogP contribution in [0.25, 0.3) is 0 Å². The molecule has 22 heavy (non-hydrogen) atoms. The number of halogens is 2. The molecule has 0 fully saturated rings. The van der Waals surface area contributed by atoms with E-state index in [1.165, 1.54) is 12.1 Å². The molecular formula is C15H13F2NO3S. The van der Waals surface area contributed by atoms with E-state index in [-0.39, 0.29) is 10.6 Å². The maximum Gasteiger partial charge on any atom is 0.239 e. The lowest BCUT2D eigenvalue weighted by molar-refractivity contribution is -0.113. The molecular weight excluding hydrogens is 312 g/mol. The molecule has 0 unspecified atom stereocenters. The van der Waals surface area contributed by atoms with Crippen molar-refractivity contribution >= 4 is 21.4 Å². The Morgan fingerprint density at radius 2 is 1.59 bits per heavy atom. The summed E-state index contributed by atoms with van der Waals surface area (Å²) in [6, 6.07) is 8.50. The van der Waals surface area contributed by atoms with E-state index in [9.17, 15) is 22.0 Å². The Morgan fingerprint density at radius 1 is 1.05 bits per heavy atom. The topological polar surface area (TPSA) is 63.2 Å². The van der Waals surface area contributed by atoms with E-state index in [2.05, 4.69) is 5.32 Å². The van der Waals surface area contributed by atoms with Crippen LogP contribution in [0.1, 0.15) is 5.56 Å². The molecule has 0 saturated heterocycles. The Kier molecular flexibility index (Phi) is 4.56. The van der Waals surface area contributed by atoms with Crippen molar-refractivity contribution in [3.05, 3.63) is 59.7 Å². The molecule has 0 saturated carbocycles. The predicted octanol–water partition coefficient (Wildman–Crippen LogP) is 2.69. The molecule has 116 valence electrons. The first-order valence-electron chi connectivity index (χ1n) is 6.32. The summed E-state index contributed by atoms with van der Waals surface area (Å²) in [4.78, 5) is 11.8. The fourth-order valence-corrected chi connectivity index (χ4v) is 2.96. The number of carbonyl (C=O) groups is 1. The van der Waals surface area contributed by atoms with Gasteiger partial charge < -0.3 is 5.32 Å². The molecule has 1 N–H and O–H groups in total. The summed E-state index contributed by atoms with van der Waals surface area (Å²) >= 11 is 0. The highest BCUT2D eigenvalue weighted by Gasteiger charge is 2.19. The number of amides is 1. The number of aryl methyl sites for hydroxylation is 1. The third kappa shape index (κ3) is 4.11. The van der Waals surface area contributed by atoms with Crippen LogP contribution in [0.5, 0.6) is 0 Å². The number of carbonyl (C=O) groups excluding carboxylic acids is 1. The molecule has 2 rings (SSSR count). The van der Waals surface area contributed by atoms with Gasteiger partial charge in [0.15, 0.2) is 9.84 Å². The molecule has 0 heterocycles. The minimum atomic E-state index is -3.82. The lowest BCUT2D eigenvalue weighted by atomic mass is 10.2. The van der Waals surface area contributed by atoms with Crippen molar-refractivity contribution in [2.45, 2.75) is 11.8 Å². The van der Waals surface area contributed by atoms with Gasteiger partial charge in [-0.3, -0.25) is 4.79 Å². The van der Waals surface area contributed by atoms with Crippen molar-refractivity contribution in [3.63, 3.8) is 0 Å². The molecule has 0 bridgehead atoms. The SMILES string of the molecule is Cc1ccc(S(=O)(=O)CC(=O)Nc2cc(F)cc(F)c2)cc1. The summed E-state index contributed by atoms with van der Waals surface area (Å²) in [6.45, 7) is 1.81. The second kappa shape index (κ2) is 6.23. The van der Waals surface area contributed by atoms with Crippen molar-refractivity contribution in [2.75, 3.05) is 11.1 Å². The van der Waals surface area contributed by atoms with Crippen molar-refractivity contribution < 1.29 is 22.0 Å². The highest BCUT2D eigenvalue weighted by atomic mass is 32.2. The van der Waals surface area contributed by atoms with Crippen LogP contribution >= 0.6 is 0 Å². The quantitative estimate of drug-likeness (QED) is 0.940. The fourth-order valence-electron chi connectivity index (χ4n) is 1.82. The number of hydrogen-bond acceptors (Lipinski definition) is 3. The molecule has 0 aliphatic heterocycles. The van der Waals surface area contributed by atoms with Gasteiger partial charge >= 0.3 is 0 Å². The van der Waals surface area contributed by atoms with Gasteiger partial charge in [-0.15, -0.1) is 0 Å². The summed E-state index contributed by atoms with van der Waals surface area (Å²) in [5, 5.41) is 2.16. The normalized spacial score (nSPS) is 11.2.